The van der Waals surface area contributed by atoms with Gasteiger partial charge in [0.05, 0.1) is 16.8 Å². The lowest BCUT2D eigenvalue weighted by atomic mass is 10.0. The first-order valence-electron chi connectivity index (χ1n) is 12.9. The topological polar surface area (TPSA) is 108 Å². The van der Waals surface area contributed by atoms with E-state index in [0.717, 1.165) is 11.4 Å². The molecule has 0 saturated carbocycles. The van der Waals surface area contributed by atoms with Gasteiger partial charge in [-0.3, -0.25) is 4.79 Å². The summed E-state index contributed by atoms with van der Waals surface area (Å²) >= 11 is 5.82. The molecule has 0 unspecified atom stereocenters. The van der Waals surface area contributed by atoms with Gasteiger partial charge in [0, 0.05) is 37.7 Å². The maximum atomic E-state index is 14.1. The Balaban J connectivity index is 1.52. The van der Waals surface area contributed by atoms with Gasteiger partial charge in [-0.25, -0.2) is 19.2 Å². The second-order valence-electron chi connectivity index (χ2n) is 11.1. The van der Waals surface area contributed by atoms with Crippen LogP contribution in [0.5, 0.6) is 0 Å². The Morgan fingerprint density at radius 2 is 2.00 bits per heavy atom. The number of aliphatic hydroxyl groups is 1. The molecule has 1 fully saturated rings. The molecule has 2 amide bonds. The van der Waals surface area contributed by atoms with Gasteiger partial charge in [-0.2, -0.15) is 0 Å². The first-order valence-corrected chi connectivity index (χ1v) is 13.2. The predicted octanol–water partition coefficient (Wildman–Crippen LogP) is 3.98. The van der Waals surface area contributed by atoms with Gasteiger partial charge in [0.15, 0.2) is 0 Å². The highest BCUT2D eigenvalue weighted by Gasteiger charge is 2.37. The molecule has 0 bridgehead atoms. The van der Waals surface area contributed by atoms with Crippen molar-refractivity contribution in [3.05, 3.63) is 52.2 Å². The molecule has 38 heavy (non-hydrogen) atoms. The Kier molecular flexibility index (Phi) is 8.13. The van der Waals surface area contributed by atoms with E-state index in [9.17, 15) is 19.1 Å². The van der Waals surface area contributed by atoms with Crippen LogP contribution in [-0.4, -0.2) is 69.3 Å². The lowest BCUT2D eigenvalue weighted by Gasteiger charge is -2.42. The molecule has 4 rings (SSSR count). The van der Waals surface area contributed by atoms with Crippen LogP contribution in [-0.2, 0) is 16.0 Å². The van der Waals surface area contributed by atoms with Gasteiger partial charge < -0.3 is 25.0 Å². The van der Waals surface area contributed by atoms with Gasteiger partial charge in [-0.05, 0) is 57.7 Å². The number of hydrogen-bond donors (Lipinski definition) is 2. The number of piperazine rings is 1. The van der Waals surface area contributed by atoms with Gasteiger partial charge in [-0.15, -0.1) is 0 Å². The van der Waals surface area contributed by atoms with Crippen LogP contribution >= 0.6 is 11.6 Å². The lowest BCUT2D eigenvalue weighted by molar-refractivity contribution is -0.134. The Hall–Kier alpha value is -2.98. The van der Waals surface area contributed by atoms with Crippen molar-refractivity contribution in [2.24, 2.45) is 0 Å². The average molecular weight is 548 g/mol. The van der Waals surface area contributed by atoms with Crippen LogP contribution in [0.3, 0.4) is 0 Å². The largest absolute Gasteiger partial charge is 0.444 e. The molecule has 9 nitrogen and oxygen atoms in total. The van der Waals surface area contributed by atoms with E-state index in [1.54, 1.807) is 31.7 Å². The van der Waals surface area contributed by atoms with E-state index in [2.05, 4.69) is 27.1 Å². The van der Waals surface area contributed by atoms with Crippen LogP contribution in [0.2, 0.25) is 5.02 Å². The molecule has 2 aromatic rings. The molecule has 1 saturated heterocycles. The smallest absolute Gasteiger partial charge is 0.408 e. The van der Waals surface area contributed by atoms with Gasteiger partial charge in [0.2, 0.25) is 5.91 Å². The number of fused-ring (bicyclic) bond motifs is 1. The highest BCUT2D eigenvalue weighted by Crippen LogP contribution is 2.43. The fourth-order valence-corrected chi connectivity index (χ4v) is 5.29. The first-order chi connectivity index (χ1) is 17.8. The monoisotopic (exact) mass is 547 g/mol. The molecule has 2 aliphatic rings. The van der Waals surface area contributed by atoms with Gasteiger partial charge in [0.1, 0.15) is 29.6 Å². The predicted molar refractivity (Wildman–Crippen MR) is 142 cm³/mol. The maximum Gasteiger partial charge on any atom is 0.408 e. The van der Waals surface area contributed by atoms with Gasteiger partial charge >= 0.3 is 6.09 Å². The number of alkyl carbamates (subject to hydrolysis) is 1. The minimum atomic E-state index is -0.956. The zero-order chi connectivity index (χ0) is 27.8. The number of carbonyl (C=O) groups is 2. The number of aliphatic hydroxyl groups excluding tert-OH is 1. The van der Waals surface area contributed by atoms with Crippen molar-refractivity contribution in [2.75, 3.05) is 24.5 Å². The lowest BCUT2D eigenvalue weighted by Crippen LogP contribution is -2.59. The number of aromatic nitrogens is 2. The Morgan fingerprint density at radius 1 is 1.26 bits per heavy atom. The van der Waals surface area contributed by atoms with E-state index >= 15 is 0 Å². The number of rotatable bonds is 5. The number of benzene rings is 1. The summed E-state index contributed by atoms with van der Waals surface area (Å²) in [6, 6.07) is 3.30. The quantitative estimate of drug-likeness (QED) is 0.583. The fourth-order valence-electron chi connectivity index (χ4n) is 5.18. The van der Waals surface area contributed by atoms with Gasteiger partial charge in [-0.1, -0.05) is 24.6 Å². The summed E-state index contributed by atoms with van der Waals surface area (Å²) in [4.78, 5) is 39.0. The molecule has 1 aromatic carbocycles. The summed E-state index contributed by atoms with van der Waals surface area (Å²) in [6.07, 6.45) is 0.844. The Morgan fingerprint density at radius 3 is 2.66 bits per heavy atom. The SMILES string of the molecule is C[C@@H]1C[C@@H](O)c2ncnc(N3CCN(C(=O)[C@@H](Cc4ccc(Cl)c(F)c4)NC(=O)OC(C)(C)C)C[C@@H]3C)c21. The standard InChI is InChI=1S/C27H35ClFN5O4/c1-15-10-21(35)23-22(15)24(31-14-30-23)34-9-8-33(13-16(34)2)25(36)20(32-26(37)38-27(3,4)5)12-17-6-7-18(28)19(29)11-17/h6-7,11,14-16,20-21,35H,8-10,12-13H2,1-5H3,(H,32,37)/t15-,16+,20-,21-/m1/s1. The van der Waals surface area contributed by atoms with E-state index in [1.165, 1.54) is 18.5 Å². The number of nitrogens with zero attached hydrogens (tertiary/aromatic N) is 4. The third-order valence-electron chi connectivity index (χ3n) is 6.90. The highest BCUT2D eigenvalue weighted by atomic mass is 35.5. The number of anilines is 1. The van der Waals surface area contributed by atoms with Crippen LogP contribution in [0.15, 0.2) is 24.5 Å². The number of amides is 2. The molecule has 2 N–H and O–H groups in total. The zero-order valence-electron chi connectivity index (χ0n) is 22.4. The molecule has 11 heteroatoms. The van der Waals surface area contributed by atoms with Crippen molar-refractivity contribution in [3.63, 3.8) is 0 Å². The van der Waals surface area contributed by atoms with E-state index in [0.29, 0.717) is 37.3 Å². The Labute approximate surface area is 227 Å². The minimum absolute atomic E-state index is 0.0141. The molecular formula is C27H35ClFN5O4. The maximum absolute atomic E-state index is 14.1. The van der Waals surface area contributed by atoms with Crippen LogP contribution in [0, 0.1) is 5.82 Å². The fraction of sp³-hybridized carbons (Fsp3) is 0.556. The van der Waals surface area contributed by atoms with Crippen molar-refractivity contribution in [1.82, 2.24) is 20.2 Å². The van der Waals surface area contributed by atoms with Crippen molar-refractivity contribution in [3.8, 4) is 0 Å². The zero-order valence-corrected chi connectivity index (χ0v) is 23.1. The number of nitrogens with one attached hydrogen (secondary N) is 1. The van der Waals surface area contributed by atoms with Crippen molar-refractivity contribution >= 4 is 29.4 Å². The first kappa shape index (κ1) is 28.0. The third-order valence-corrected chi connectivity index (χ3v) is 7.21. The summed E-state index contributed by atoms with van der Waals surface area (Å²) in [6.45, 7) is 10.6. The Bertz CT molecular complexity index is 1210. The van der Waals surface area contributed by atoms with Crippen molar-refractivity contribution in [1.29, 1.82) is 0 Å². The number of carbonyl (C=O) groups excluding carboxylic acids is 2. The third kappa shape index (κ3) is 6.18. The highest BCUT2D eigenvalue weighted by molar-refractivity contribution is 6.30. The summed E-state index contributed by atoms with van der Waals surface area (Å²) in [5.74, 6) is 0.0463. The van der Waals surface area contributed by atoms with Crippen LogP contribution in [0.4, 0.5) is 15.0 Å². The number of halogens is 2. The van der Waals surface area contributed by atoms with E-state index in [-0.39, 0.29) is 29.3 Å². The molecule has 4 atom stereocenters. The molecule has 1 aliphatic carbocycles. The van der Waals surface area contributed by atoms with Crippen molar-refractivity contribution < 1.29 is 23.8 Å². The van der Waals surface area contributed by atoms with Crippen LogP contribution in [0.1, 0.15) is 69.9 Å². The van der Waals surface area contributed by atoms with E-state index < -0.39 is 29.7 Å². The van der Waals surface area contributed by atoms with Crippen LogP contribution < -0.4 is 10.2 Å². The summed E-state index contributed by atoms with van der Waals surface area (Å²) in [5, 5.41) is 13.0. The van der Waals surface area contributed by atoms with E-state index in [1.807, 2.05) is 6.92 Å². The summed E-state index contributed by atoms with van der Waals surface area (Å²) < 4.78 is 19.5. The average Bonchev–Trinajstić information content (AvgIpc) is 3.13. The minimum Gasteiger partial charge on any atom is -0.444 e. The second kappa shape index (κ2) is 11.0. The number of ether oxygens (including phenoxy) is 1. The number of hydrogen-bond acceptors (Lipinski definition) is 7. The van der Waals surface area contributed by atoms with Crippen LogP contribution in [0.25, 0.3) is 0 Å². The van der Waals surface area contributed by atoms with Crippen molar-refractivity contribution in [2.45, 2.75) is 77.2 Å². The molecular weight excluding hydrogens is 513 g/mol. The molecule has 0 radical (unpaired) electrons. The molecule has 1 aromatic heterocycles. The normalized spacial score (nSPS) is 22.2. The van der Waals surface area contributed by atoms with Gasteiger partial charge in [0.25, 0.3) is 0 Å². The van der Waals surface area contributed by atoms with E-state index in [4.69, 9.17) is 16.3 Å². The summed E-state index contributed by atoms with van der Waals surface area (Å²) in [5.41, 5.74) is 1.41. The molecule has 2 heterocycles. The second-order valence-corrected chi connectivity index (χ2v) is 11.5. The molecule has 206 valence electrons. The molecule has 1 aliphatic heterocycles. The summed E-state index contributed by atoms with van der Waals surface area (Å²) in [7, 11) is 0. The molecule has 0 spiro atoms.